The molecule has 0 aromatic heterocycles. The maximum absolute atomic E-state index is 12.8. The minimum Gasteiger partial charge on any atom is -0.459 e. The number of carbonyl (C=O) groups is 2. The zero-order valence-corrected chi connectivity index (χ0v) is 13.7. The van der Waals surface area contributed by atoms with Gasteiger partial charge in [-0.25, -0.2) is 14.0 Å². The van der Waals surface area contributed by atoms with E-state index in [-0.39, 0.29) is 12.2 Å². The zero-order valence-electron chi connectivity index (χ0n) is 13.7. The van der Waals surface area contributed by atoms with Crippen LogP contribution in [0.5, 0.6) is 0 Å². The Hall–Kier alpha value is -2.11. The zero-order chi connectivity index (χ0) is 17.0. The van der Waals surface area contributed by atoms with Gasteiger partial charge in [0.05, 0.1) is 5.56 Å². The molecule has 0 spiro atoms. The van der Waals surface area contributed by atoms with Crippen LogP contribution in [0.1, 0.15) is 44.0 Å². The third kappa shape index (κ3) is 5.23. The summed E-state index contributed by atoms with van der Waals surface area (Å²) in [5.41, 5.74) is -0.204. The molecule has 0 aliphatic carbocycles. The van der Waals surface area contributed by atoms with Crippen LogP contribution in [0.15, 0.2) is 24.3 Å². The van der Waals surface area contributed by atoms with E-state index in [1.807, 2.05) is 20.8 Å². The van der Waals surface area contributed by atoms with Crippen LogP contribution >= 0.6 is 0 Å². The van der Waals surface area contributed by atoms with Gasteiger partial charge in [0.2, 0.25) is 0 Å². The highest BCUT2D eigenvalue weighted by Crippen LogP contribution is 2.18. The molecule has 1 saturated heterocycles. The summed E-state index contributed by atoms with van der Waals surface area (Å²) in [6.07, 6.45) is 0.533. The van der Waals surface area contributed by atoms with Crippen LogP contribution < -0.4 is 0 Å². The van der Waals surface area contributed by atoms with Gasteiger partial charge in [-0.3, -0.25) is 0 Å². The molecule has 1 aliphatic rings. The van der Waals surface area contributed by atoms with Crippen molar-refractivity contribution in [2.24, 2.45) is 0 Å². The number of esters is 1. The molecule has 1 amide bonds. The third-order valence-corrected chi connectivity index (χ3v) is 3.45. The van der Waals surface area contributed by atoms with Crippen molar-refractivity contribution in [1.82, 2.24) is 4.90 Å². The van der Waals surface area contributed by atoms with Crippen LogP contribution in [0.3, 0.4) is 0 Å². The number of ether oxygens (including phenoxy) is 2. The Bertz CT molecular complexity index is 557. The van der Waals surface area contributed by atoms with Gasteiger partial charge in [0.1, 0.15) is 17.5 Å². The molecule has 23 heavy (non-hydrogen) atoms. The number of benzene rings is 1. The van der Waals surface area contributed by atoms with Crippen LogP contribution in [0.25, 0.3) is 0 Å². The summed E-state index contributed by atoms with van der Waals surface area (Å²) >= 11 is 0. The van der Waals surface area contributed by atoms with Crippen molar-refractivity contribution < 1.29 is 23.5 Å². The van der Waals surface area contributed by atoms with E-state index in [4.69, 9.17) is 9.47 Å². The first-order valence-electron chi connectivity index (χ1n) is 7.69. The van der Waals surface area contributed by atoms with Crippen LogP contribution in [0.2, 0.25) is 0 Å². The fourth-order valence-corrected chi connectivity index (χ4v) is 2.29. The lowest BCUT2D eigenvalue weighted by atomic mass is 10.1. The van der Waals surface area contributed by atoms with Gasteiger partial charge in [0.25, 0.3) is 0 Å². The average Bonchev–Trinajstić information content (AvgIpc) is 2.46. The number of amides is 1. The van der Waals surface area contributed by atoms with Crippen molar-refractivity contribution in [2.45, 2.75) is 45.3 Å². The molecular weight excluding hydrogens is 301 g/mol. The number of halogens is 1. The van der Waals surface area contributed by atoms with Gasteiger partial charge in [0, 0.05) is 25.9 Å². The Balaban J connectivity index is 1.81. The van der Waals surface area contributed by atoms with Crippen molar-refractivity contribution in [3.8, 4) is 0 Å². The topological polar surface area (TPSA) is 55.8 Å². The Labute approximate surface area is 135 Å². The summed E-state index contributed by atoms with van der Waals surface area (Å²) in [5.74, 6) is -0.868. The molecule has 0 bridgehead atoms. The molecule has 0 atom stereocenters. The summed E-state index contributed by atoms with van der Waals surface area (Å²) in [4.78, 5) is 25.6. The first-order chi connectivity index (χ1) is 10.7. The van der Waals surface area contributed by atoms with E-state index in [2.05, 4.69) is 0 Å². The first kappa shape index (κ1) is 17.2. The number of rotatable bonds is 2. The lowest BCUT2D eigenvalue weighted by Gasteiger charge is -2.33. The molecule has 0 unspecified atom stereocenters. The molecule has 126 valence electrons. The fourth-order valence-electron chi connectivity index (χ4n) is 2.29. The Morgan fingerprint density at radius 1 is 1.13 bits per heavy atom. The molecule has 0 saturated carbocycles. The smallest absolute Gasteiger partial charge is 0.410 e. The number of piperidine rings is 1. The number of hydrogen-bond donors (Lipinski definition) is 0. The number of hydrogen-bond acceptors (Lipinski definition) is 4. The fraction of sp³-hybridized carbons (Fsp3) is 0.529. The highest BCUT2D eigenvalue weighted by atomic mass is 19.1. The van der Waals surface area contributed by atoms with E-state index in [1.165, 1.54) is 24.3 Å². The minimum absolute atomic E-state index is 0.244. The summed E-state index contributed by atoms with van der Waals surface area (Å²) in [6.45, 7) is 6.43. The van der Waals surface area contributed by atoms with Gasteiger partial charge in [-0.05, 0) is 45.0 Å². The highest BCUT2D eigenvalue weighted by molar-refractivity contribution is 5.89. The molecule has 1 heterocycles. The van der Waals surface area contributed by atoms with E-state index >= 15 is 0 Å². The summed E-state index contributed by atoms with van der Waals surface area (Å²) in [5, 5.41) is 0. The maximum Gasteiger partial charge on any atom is 0.410 e. The Kier molecular flexibility index (Phi) is 5.23. The Morgan fingerprint density at radius 2 is 1.70 bits per heavy atom. The third-order valence-electron chi connectivity index (χ3n) is 3.45. The molecule has 6 heteroatoms. The molecule has 0 radical (unpaired) electrons. The predicted octanol–water partition coefficient (Wildman–Crippen LogP) is 3.38. The van der Waals surface area contributed by atoms with Crippen molar-refractivity contribution in [1.29, 1.82) is 0 Å². The Morgan fingerprint density at radius 3 is 2.22 bits per heavy atom. The standard InChI is InChI=1S/C17H22FNO4/c1-17(2,3)23-16(21)19-10-8-14(9-11-19)22-15(20)12-4-6-13(18)7-5-12/h4-7,14H,8-11H2,1-3H3. The SMILES string of the molecule is CC(C)(C)OC(=O)N1CCC(OC(=O)c2ccc(F)cc2)CC1. The normalized spacial score (nSPS) is 16.1. The number of nitrogens with zero attached hydrogens (tertiary/aromatic N) is 1. The number of likely N-dealkylation sites (tertiary alicyclic amines) is 1. The van der Waals surface area contributed by atoms with E-state index in [1.54, 1.807) is 4.90 Å². The molecule has 5 nitrogen and oxygen atoms in total. The molecular formula is C17H22FNO4. The second kappa shape index (κ2) is 6.98. The van der Waals surface area contributed by atoms with E-state index in [0.29, 0.717) is 31.5 Å². The van der Waals surface area contributed by atoms with Crippen LogP contribution in [0.4, 0.5) is 9.18 Å². The lowest BCUT2D eigenvalue weighted by Crippen LogP contribution is -2.43. The van der Waals surface area contributed by atoms with Gasteiger partial charge < -0.3 is 14.4 Å². The summed E-state index contributed by atoms with van der Waals surface area (Å²) in [6, 6.07) is 5.24. The van der Waals surface area contributed by atoms with Crippen LogP contribution in [0, 0.1) is 5.82 Å². The summed E-state index contributed by atoms with van der Waals surface area (Å²) < 4.78 is 23.6. The molecule has 0 N–H and O–H groups in total. The van der Waals surface area contributed by atoms with E-state index in [9.17, 15) is 14.0 Å². The van der Waals surface area contributed by atoms with E-state index < -0.39 is 17.4 Å². The molecule has 1 aromatic carbocycles. The minimum atomic E-state index is -0.525. The van der Waals surface area contributed by atoms with Gasteiger partial charge in [-0.1, -0.05) is 0 Å². The summed E-state index contributed by atoms with van der Waals surface area (Å²) in [7, 11) is 0. The van der Waals surface area contributed by atoms with Crippen molar-refractivity contribution in [3.05, 3.63) is 35.6 Å². The van der Waals surface area contributed by atoms with Gasteiger partial charge in [0.15, 0.2) is 0 Å². The van der Waals surface area contributed by atoms with Crippen LogP contribution in [-0.4, -0.2) is 41.8 Å². The van der Waals surface area contributed by atoms with Gasteiger partial charge in [-0.15, -0.1) is 0 Å². The first-order valence-corrected chi connectivity index (χ1v) is 7.69. The molecule has 1 aromatic rings. The largest absolute Gasteiger partial charge is 0.459 e. The van der Waals surface area contributed by atoms with Crippen molar-refractivity contribution >= 4 is 12.1 Å². The lowest BCUT2D eigenvalue weighted by molar-refractivity contribution is -0.00340. The quantitative estimate of drug-likeness (QED) is 0.783. The molecule has 2 rings (SSSR count). The van der Waals surface area contributed by atoms with E-state index in [0.717, 1.165) is 0 Å². The maximum atomic E-state index is 12.8. The number of carbonyl (C=O) groups excluding carboxylic acids is 2. The van der Waals surface area contributed by atoms with Crippen molar-refractivity contribution in [2.75, 3.05) is 13.1 Å². The second-order valence-corrected chi connectivity index (χ2v) is 6.58. The average molecular weight is 323 g/mol. The van der Waals surface area contributed by atoms with Crippen LogP contribution in [-0.2, 0) is 9.47 Å². The van der Waals surface area contributed by atoms with Gasteiger partial charge >= 0.3 is 12.1 Å². The second-order valence-electron chi connectivity index (χ2n) is 6.58. The monoisotopic (exact) mass is 323 g/mol. The van der Waals surface area contributed by atoms with Crippen molar-refractivity contribution in [3.63, 3.8) is 0 Å². The molecule has 1 fully saturated rings. The molecule has 1 aliphatic heterocycles. The van der Waals surface area contributed by atoms with Gasteiger partial charge in [-0.2, -0.15) is 0 Å². The highest BCUT2D eigenvalue weighted by Gasteiger charge is 2.28. The predicted molar refractivity (Wildman–Crippen MR) is 82.6 cm³/mol.